The number of aliphatic hydroxyl groups is 1. The fourth-order valence-corrected chi connectivity index (χ4v) is 12.5. The van der Waals surface area contributed by atoms with Crippen LogP contribution in [-0.4, -0.2) is 96.7 Å². The van der Waals surface area contributed by atoms with Gasteiger partial charge in [0.05, 0.1) is 26.4 Å². The average Bonchev–Trinajstić information content (AvgIpc) is 3.72. The summed E-state index contributed by atoms with van der Waals surface area (Å²) in [6, 6.07) is 0. The van der Waals surface area contributed by atoms with Gasteiger partial charge in [-0.15, -0.1) is 0 Å². The number of hydrogen-bond acceptors (Lipinski definition) is 15. The second kappa shape index (κ2) is 64.1. The molecule has 0 saturated carbocycles. The van der Waals surface area contributed by atoms with Gasteiger partial charge in [-0.25, -0.2) is 9.13 Å². The third-order valence-corrected chi connectivity index (χ3v) is 18.6. The molecule has 0 fully saturated rings. The number of aliphatic hydroxyl groups excluding tert-OH is 1. The number of rotatable bonds is 71. The fraction of sp³-hybridized carbons (Fsp3) is 0.944. The van der Waals surface area contributed by atoms with Crippen LogP contribution in [0.3, 0.4) is 0 Å². The lowest BCUT2D eigenvalue weighted by atomic mass is 10.0. The molecule has 0 radical (unpaired) electrons. The van der Waals surface area contributed by atoms with Crippen LogP contribution in [0.15, 0.2) is 0 Å². The number of carbonyl (C=O) groups is 4. The Balaban J connectivity index is 5.22. The van der Waals surface area contributed by atoms with Crippen molar-refractivity contribution in [1.29, 1.82) is 0 Å². The van der Waals surface area contributed by atoms with Gasteiger partial charge < -0.3 is 33.8 Å². The van der Waals surface area contributed by atoms with E-state index in [1.807, 2.05) is 0 Å². The summed E-state index contributed by atoms with van der Waals surface area (Å²) in [6.07, 6.45) is 50.0. The van der Waals surface area contributed by atoms with Crippen molar-refractivity contribution in [1.82, 2.24) is 0 Å². The van der Waals surface area contributed by atoms with Gasteiger partial charge in [0.15, 0.2) is 12.2 Å². The Morgan fingerprint density at radius 2 is 0.505 bits per heavy atom. The first-order valence-corrected chi connectivity index (χ1v) is 40.5. The first-order valence-electron chi connectivity index (χ1n) is 37.5. The van der Waals surface area contributed by atoms with E-state index in [0.717, 1.165) is 108 Å². The van der Waals surface area contributed by atoms with Crippen molar-refractivity contribution in [2.75, 3.05) is 39.6 Å². The van der Waals surface area contributed by atoms with Gasteiger partial charge >= 0.3 is 39.5 Å². The molecule has 0 aliphatic heterocycles. The van der Waals surface area contributed by atoms with Gasteiger partial charge in [-0.1, -0.05) is 318 Å². The van der Waals surface area contributed by atoms with E-state index in [1.165, 1.54) is 180 Å². The minimum atomic E-state index is -4.95. The van der Waals surface area contributed by atoms with Crippen LogP contribution >= 0.6 is 15.6 Å². The Kier molecular flexibility index (Phi) is 62.7. The summed E-state index contributed by atoms with van der Waals surface area (Å²) in [5, 5.41) is 10.6. The molecule has 540 valence electrons. The maximum Gasteiger partial charge on any atom is 0.472 e. The third kappa shape index (κ3) is 66.5. The van der Waals surface area contributed by atoms with Crippen molar-refractivity contribution >= 4 is 39.5 Å². The Morgan fingerprint density at radius 1 is 0.297 bits per heavy atom. The third-order valence-electron chi connectivity index (χ3n) is 16.7. The predicted molar refractivity (Wildman–Crippen MR) is 368 cm³/mol. The monoisotopic (exact) mass is 1340 g/mol. The summed E-state index contributed by atoms with van der Waals surface area (Å²) in [6.45, 7) is 9.52. The van der Waals surface area contributed by atoms with E-state index in [0.29, 0.717) is 25.7 Å². The zero-order valence-corrected chi connectivity index (χ0v) is 60.9. The molecule has 0 aliphatic rings. The summed E-state index contributed by atoms with van der Waals surface area (Å²) in [5.41, 5.74) is 0. The SMILES string of the molecule is CCCCCCCCCCCCCCCCCC(=O)OC[C@H](COP(=O)(O)OC[C@@H](O)COP(=O)(O)OC[C@@H](COC(=O)CCCCCCCCCC)OC(=O)CCCCCCCCCCC(C)C)OC(=O)CCCCCCCCCCCCCCCCC(C)C. The lowest BCUT2D eigenvalue weighted by Gasteiger charge is -2.21. The van der Waals surface area contributed by atoms with Crippen molar-refractivity contribution in [3.8, 4) is 0 Å². The standard InChI is InChI=1S/C72H140O17P2/c1-7-9-11-13-15-17-18-19-20-24-27-30-37-43-49-55-70(75)83-61-68(88-71(76)56-50-44-38-31-28-25-22-21-23-26-29-34-40-46-52-64(3)4)63-87-91(80,81)85-59-66(73)58-84-90(78,79)86-62-67(60-82-69(74)54-48-42-36-16-14-12-10-8-2)89-72(77)57-51-45-39-33-32-35-41-47-53-65(5)6/h64-68,73H,7-63H2,1-6H3,(H,78,79)(H,80,81)/t66-,67+,68+/m0/s1. The molecule has 3 N–H and O–H groups in total. The van der Waals surface area contributed by atoms with Crippen LogP contribution in [0, 0.1) is 11.8 Å². The van der Waals surface area contributed by atoms with Gasteiger partial charge in [0.25, 0.3) is 0 Å². The van der Waals surface area contributed by atoms with Gasteiger partial charge in [-0.05, 0) is 37.5 Å². The van der Waals surface area contributed by atoms with E-state index < -0.39 is 97.5 Å². The van der Waals surface area contributed by atoms with Crippen LogP contribution < -0.4 is 0 Å². The summed E-state index contributed by atoms with van der Waals surface area (Å²) >= 11 is 0. The summed E-state index contributed by atoms with van der Waals surface area (Å²) in [5.74, 6) is -0.611. The van der Waals surface area contributed by atoms with Gasteiger partial charge in [0.2, 0.25) is 0 Å². The van der Waals surface area contributed by atoms with E-state index in [2.05, 4.69) is 41.5 Å². The second-order valence-electron chi connectivity index (χ2n) is 26.9. The largest absolute Gasteiger partial charge is 0.472 e. The molecule has 0 heterocycles. The molecule has 5 atom stereocenters. The maximum atomic E-state index is 13.0. The Labute approximate surface area is 556 Å². The fourth-order valence-electron chi connectivity index (χ4n) is 10.9. The number of phosphoric acid groups is 2. The Morgan fingerprint density at radius 3 is 0.747 bits per heavy atom. The minimum absolute atomic E-state index is 0.104. The van der Waals surface area contributed by atoms with Gasteiger partial charge in [-0.3, -0.25) is 37.3 Å². The van der Waals surface area contributed by atoms with Gasteiger partial charge in [0.1, 0.15) is 19.3 Å². The predicted octanol–water partition coefficient (Wildman–Crippen LogP) is 20.8. The second-order valence-corrected chi connectivity index (χ2v) is 29.8. The molecule has 0 aromatic rings. The lowest BCUT2D eigenvalue weighted by molar-refractivity contribution is -0.161. The molecule has 2 unspecified atom stereocenters. The van der Waals surface area contributed by atoms with Crippen molar-refractivity contribution in [3.63, 3.8) is 0 Å². The van der Waals surface area contributed by atoms with Crippen LogP contribution in [0.1, 0.15) is 369 Å². The lowest BCUT2D eigenvalue weighted by Crippen LogP contribution is -2.30. The molecule has 0 aliphatic carbocycles. The quantitative estimate of drug-likeness (QED) is 0.0222. The highest BCUT2D eigenvalue weighted by Crippen LogP contribution is 2.45. The molecule has 0 aromatic carbocycles. The topological polar surface area (TPSA) is 237 Å². The van der Waals surface area contributed by atoms with E-state index in [4.69, 9.17) is 37.0 Å². The number of esters is 4. The highest BCUT2D eigenvalue weighted by Gasteiger charge is 2.30. The Hall–Kier alpha value is -1.94. The molecule has 0 bridgehead atoms. The van der Waals surface area contributed by atoms with Crippen molar-refractivity contribution in [2.24, 2.45) is 11.8 Å². The smallest absolute Gasteiger partial charge is 0.462 e. The molecule has 0 spiro atoms. The number of unbranched alkanes of at least 4 members (excludes halogenated alkanes) is 41. The molecular weight excluding hydrogens is 1200 g/mol. The molecule has 17 nitrogen and oxygen atoms in total. The highest BCUT2D eigenvalue weighted by molar-refractivity contribution is 7.47. The molecule has 0 amide bonds. The van der Waals surface area contributed by atoms with Crippen molar-refractivity contribution < 1.29 is 80.2 Å². The maximum absolute atomic E-state index is 13.0. The van der Waals surface area contributed by atoms with Gasteiger partial charge in [-0.2, -0.15) is 0 Å². The van der Waals surface area contributed by atoms with Crippen LogP contribution in [0.4, 0.5) is 0 Å². The zero-order valence-electron chi connectivity index (χ0n) is 59.1. The average molecular weight is 1340 g/mol. The summed E-state index contributed by atoms with van der Waals surface area (Å²) < 4.78 is 68.3. The van der Waals surface area contributed by atoms with Crippen LogP contribution in [0.25, 0.3) is 0 Å². The van der Waals surface area contributed by atoms with Crippen molar-refractivity contribution in [3.05, 3.63) is 0 Å². The molecule has 0 rings (SSSR count). The van der Waals surface area contributed by atoms with E-state index in [1.54, 1.807) is 0 Å². The van der Waals surface area contributed by atoms with Crippen LogP contribution in [0.2, 0.25) is 0 Å². The molecule has 91 heavy (non-hydrogen) atoms. The number of phosphoric ester groups is 2. The number of ether oxygens (including phenoxy) is 4. The van der Waals surface area contributed by atoms with Crippen LogP contribution in [-0.2, 0) is 65.4 Å². The highest BCUT2D eigenvalue weighted by atomic mass is 31.2. The minimum Gasteiger partial charge on any atom is -0.462 e. The first-order chi connectivity index (χ1) is 43.9. The van der Waals surface area contributed by atoms with E-state index in [-0.39, 0.29) is 25.7 Å². The molecule has 0 saturated heterocycles. The van der Waals surface area contributed by atoms with E-state index in [9.17, 15) is 43.2 Å². The zero-order chi connectivity index (χ0) is 67.2. The Bertz CT molecular complexity index is 1770. The normalized spacial score (nSPS) is 14.1. The number of carbonyl (C=O) groups excluding carboxylic acids is 4. The van der Waals surface area contributed by atoms with Gasteiger partial charge in [0, 0.05) is 25.7 Å². The summed E-state index contributed by atoms with van der Waals surface area (Å²) in [7, 11) is -9.90. The molecule has 0 aromatic heterocycles. The summed E-state index contributed by atoms with van der Waals surface area (Å²) in [4.78, 5) is 72.5. The molecular formula is C72H140O17P2. The first kappa shape index (κ1) is 89.1. The van der Waals surface area contributed by atoms with E-state index >= 15 is 0 Å². The van der Waals surface area contributed by atoms with Crippen molar-refractivity contribution in [2.45, 2.75) is 387 Å². The van der Waals surface area contributed by atoms with Crippen LogP contribution in [0.5, 0.6) is 0 Å². The molecule has 19 heteroatoms. The number of hydrogen-bond donors (Lipinski definition) is 3.